The molecule has 0 saturated heterocycles. The predicted octanol–water partition coefficient (Wildman–Crippen LogP) is 3.91. The number of nitrogens with one attached hydrogen (secondary N) is 1. The van der Waals surface area contributed by atoms with E-state index in [1.54, 1.807) is 6.07 Å². The molecule has 5 nitrogen and oxygen atoms in total. The molecule has 2 aromatic rings. The summed E-state index contributed by atoms with van der Waals surface area (Å²) >= 11 is 5.73. The molecule has 1 aromatic heterocycles. The van der Waals surface area contributed by atoms with Crippen LogP contribution in [0.5, 0.6) is 11.5 Å². The van der Waals surface area contributed by atoms with Gasteiger partial charge in [0.1, 0.15) is 0 Å². The van der Waals surface area contributed by atoms with Crippen LogP contribution in [0.1, 0.15) is 11.1 Å². The number of phenols is 1. The van der Waals surface area contributed by atoms with Gasteiger partial charge in [-0.1, -0.05) is 11.6 Å². The molecule has 2 rings (SSSR count). The van der Waals surface area contributed by atoms with Crippen LogP contribution >= 0.6 is 11.6 Å². The minimum Gasteiger partial charge on any atom is -0.504 e. The number of aromatic hydroxyl groups is 1. The van der Waals surface area contributed by atoms with Crippen molar-refractivity contribution in [2.75, 3.05) is 12.5 Å². The van der Waals surface area contributed by atoms with Crippen LogP contribution in [0.3, 0.4) is 0 Å². The SMILES string of the molecule is COc1cc(C=NNc2ncc(C(F)(F)F)cc2Cl)ccc1O. The first-order valence-electron chi connectivity index (χ1n) is 6.20. The molecule has 0 amide bonds. The van der Waals surface area contributed by atoms with Gasteiger partial charge in [0.05, 0.1) is 23.9 Å². The molecule has 0 aliphatic heterocycles. The summed E-state index contributed by atoms with van der Waals surface area (Å²) in [5.74, 6) is 0.228. The fraction of sp³-hybridized carbons (Fsp3) is 0.143. The summed E-state index contributed by atoms with van der Waals surface area (Å²) in [5, 5.41) is 13.1. The van der Waals surface area contributed by atoms with Crippen molar-refractivity contribution in [2.24, 2.45) is 5.10 Å². The third kappa shape index (κ3) is 4.26. The number of methoxy groups -OCH3 is 1. The van der Waals surface area contributed by atoms with Gasteiger partial charge >= 0.3 is 6.18 Å². The predicted molar refractivity (Wildman–Crippen MR) is 80.1 cm³/mol. The number of hydrogen-bond donors (Lipinski definition) is 2. The summed E-state index contributed by atoms with van der Waals surface area (Å²) in [6, 6.07) is 5.28. The van der Waals surface area contributed by atoms with Gasteiger partial charge in [0.25, 0.3) is 0 Å². The first-order valence-corrected chi connectivity index (χ1v) is 6.58. The topological polar surface area (TPSA) is 66.7 Å². The van der Waals surface area contributed by atoms with E-state index in [0.717, 1.165) is 6.07 Å². The van der Waals surface area contributed by atoms with Crippen LogP contribution in [0, 0.1) is 0 Å². The average molecular weight is 346 g/mol. The molecule has 122 valence electrons. The number of halogens is 4. The standard InChI is InChI=1S/C14H11ClF3N3O2/c1-23-12-4-8(2-3-11(12)22)6-20-21-13-10(15)5-9(7-19-13)14(16,17)18/h2-7,22H,1H3,(H,19,21). The quantitative estimate of drug-likeness (QED) is 0.651. The summed E-state index contributed by atoms with van der Waals surface area (Å²) in [4.78, 5) is 3.58. The number of pyridine rings is 1. The first kappa shape index (κ1) is 16.9. The van der Waals surface area contributed by atoms with Gasteiger partial charge in [-0.2, -0.15) is 18.3 Å². The zero-order valence-corrected chi connectivity index (χ0v) is 12.5. The van der Waals surface area contributed by atoms with E-state index in [1.807, 2.05) is 0 Å². The van der Waals surface area contributed by atoms with E-state index in [4.69, 9.17) is 16.3 Å². The van der Waals surface area contributed by atoms with Crippen molar-refractivity contribution >= 4 is 23.6 Å². The van der Waals surface area contributed by atoms with Gasteiger partial charge in [0.15, 0.2) is 17.3 Å². The molecule has 0 unspecified atom stereocenters. The summed E-state index contributed by atoms with van der Waals surface area (Å²) in [7, 11) is 1.40. The maximum absolute atomic E-state index is 12.5. The van der Waals surface area contributed by atoms with Crippen LogP contribution in [-0.4, -0.2) is 23.4 Å². The molecule has 0 aliphatic carbocycles. The Hall–Kier alpha value is -2.48. The zero-order chi connectivity index (χ0) is 17.0. The number of alkyl halides is 3. The third-order valence-electron chi connectivity index (χ3n) is 2.76. The van der Waals surface area contributed by atoms with Crippen molar-refractivity contribution < 1.29 is 23.0 Å². The van der Waals surface area contributed by atoms with E-state index >= 15 is 0 Å². The minimum atomic E-state index is -4.51. The number of nitrogens with zero attached hydrogens (tertiary/aromatic N) is 2. The van der Waals surface area contributed by atoms with Crippen molar-refractivity contribution in [1.29, 1.82) is 0 Å². The summed E-state index contributed by atoms with van der Waals surface area (Å²) in [6.45, 7) is 0. The Labute approximate surface area is 134 Å². The van der Waals surface area contributed by atoms with E-state index in [9.17, 15) is 18.3 Å². The van der Waals surface area contributed by atoms with Crippen LogP contribution in [0.25, 0.3) is 0 Å². The lowest BCUT2D eigenvalue weighted by Crippen LogP contribution is -2.06. The number of ether oxygens (including phenoxy) is 1. The Balaban J connectivity index is 2.11. The average Bonchev–Trinajstić information content (AvgIpc) is 2.49. The monoisotopic (exact) mass is 345 g/mol. The Morgan fingerprint density at radius 3 is 2.70 bits per heavy atom. The van der Waals surface area contributed by atoms with E-state index in [-0.39, 0.29) is 22.3 Å². The zero-order valence-electron chi connectivity index (χ0n) is 11.7. The molecule has 0 spiro atoms. The molecule has 0 aliphatic rings. The van der Waals surface area contributed by atoms with Crippen LogP contribution in [0.4, 0.5) is 19.0 Å². The van der Waals surface area contributed by atoms with Crippen molar-refractivity contribution in [2.45, 2.75) is 6.18 Å². The Bertz CT molecular complexity index is 736. The molecule has 0 bridgehead atoms. The van der Waals surface area contributed by atoms with Crippen LogP contribution in [0.2, 0.25) is 5.02 Å². The van der Waals surface area contributed by atoms with Gasteiger partial charge in [-0.15, -0.1) is 0 Å². The van der Waals surface area contributed by atoms with E-state index in [1.165, 1.54) is 25.5 Å². The number of aromatic nitrogens is 1. The molecule has 0 radical (unpaired) electrons. The fourth-order valence-electron chi connectivity index (χ4n) is 1.62. The third-order valence-corrected chi connectivity index (χ3v) is 3.04. The number of anilines is 1. The van der Waals surface area contributed by atoms with Gasteiger partial charge < -0.3 is 9.84 Å². The van der Waals surface area contributed by atoms with Crippen molar-refractivity contribution in [3.63, 3.8) is 0 Å². The molecule has 2 N–H and O–H groups in total. The number of rotatable bonds is 4. The van der Waals surface area contributed by atoms with Crippen LogP contribution < -0.4 is 10.2 Å². The Morgan fingerprint density at radius 2 is 2.09 bits per heavy atom. The molecule has 0 fully saturated rings. The molecule has 1 heterocycles. The molecule has 1 aromatic carbocycles. The highest BCUT2D eigenvalue weighted by Crippen LogP contribution is 2.32. The first-order chi connectivity index (χ1) is 10.8. The number of hydrazone groups is 1. The summed E-state index contributed by atoms with van der Waals surface area (Å²) in [5.41, 5.74) is 2.10. The second-order valence-electron chi connectivity index (χ2n) is 4.35. The van der Waals surface area contributed by atoms with E-state index in [0.29, 0.717) is 11.8 Å². The summed E-state index contributed by atoms with van der Waals surface area (Å²) < 4.78 is 42.4. The normalized spacial score (nSPS) is 11.7. The molecule has 9 heteroatoms. The lowest BCUT2D eigenvalue weighted by Gasteiger charge is -2.08. The molecule has 23 heavy (non-hydrogen) atoms. The van der Waals surface area contributed by atoms with Crippen molar-refractivity contribution in [1.82, 2.24) is 4.98 Å². The second kappa shape index (κ2) is 6.74. The van der Waals surface area contributed by atoms with Gasteiger partial charge in [-0.3, -0.25) is 5.43 Å². The van der Waals surface area contributed by atoms with E-state index < -0.39 is 11.7 Å². The molecule has 0 atom stereocenters. The van der Waals surface area contributed by atoms with Gasteiger partial charge in [-0.05, 0) is 29.8 Å². The highest BCUT2D eigenvalue weighted by Gasteiger charge is 2.31. The lowest BCUT2D eigenvalue weighted by atomic mass is 10.2. The molecule has 0 saturated carbocycles. The smallest absolute Gasteiger partial charge is 0.417 e. The van der Waals surface area contributed by atoms with Gasteiger partial charge in [0.2, 0.25) is 0 Å². The summed E-state index contributed by atoms with van der Waals surface area (Å²) in [6.07, 6.45) is -2.48. The molecular formula is C14H11ClF3N3O2. The number of benzene rings is 1. The maximum atomic E-state index is 12.5. The Morgan fingerprint density at radius 1 is 1.35 bits per heavy atom. The van der Waals surface area contributed by atoms with Crippen molar-refractivity contribution in [3.05, 3.63) is 46.6 Å². The highest BCUT2D eigenvalue weighted by atomic mass is 35.5. The largest absolute Gasteiger partial charge is 0.504 e. The van der Waals surface area contributed by atoms with Gasteiger partial charge in [-0.25, -0.2) is 4.98 Å². The lowest BCUT2D eigenvalue weighted by molar-refractivity contribution is -0.137. The Kier molecular flexibility index (Phi) is 4.95. The van der Waals surface area contributed by atoms with Crippen LogP contribution in [-0.2, 0) is 6.18 Å². The van der Waals surface area contributed by atoms with E-state index in [2.05, 4.69) is 15.5 Å². The number of phenolic OH excluding ortho intramolecular Hbond substituents is 1. The second-order valence-corrected chi connectivity index (χ2v) is 4.76. The number of hydrogen-bond acceptors (Lipinski definition) is 5. The van der Waals surface area contributed by atoms with Crippen LogP contribution in [0.15, 0.2) is 35.6 Å². The molecular weight excluding hydrogens is 335 g/mol. The maximum Gasteiger partial charge on any atom is 0.417 e. The minimum absolute atomic E-state index is 0.0124. The van der Waals surface area contributed by atoms with Crippen molar-refractivity contribution in [3.8, 4) is 11.5 Å². The van der Waals surface area contributed by atoms with Gasteiger partial charge in [0, 0.05) is 6.20 Å². The highest BCUT2D eigenvalue weighted by molar-refractivity contribution is 6.32. The fourth-order valence-corrected chi connectivity index (χ4v) is 1.83.